The number of aliphatic hydroxyl groups is 1. The Morgan fingerprint density at radius 1 is 0.951 bits per heavy atom. The van der Waals surface area contributed by atoms with Gasteiger partial charge in [0.15, 0.2) is 12.5 Å². The smallest absolute Gasteiger partial charge is 0.251 e. The third kappa shape index (κ3) is 9.27. The van der Waals surface area contributed by atoms with E-state index in [0.717, 1.165) is 21.4 Å². The molecule has 0 bridgehead atoms. The monoisotopic (exact) mass is 581 g/mol. The number of ether oxygens (including phenoxy) is 2. The molecule has 10 nitrogen and oxygen atoms in total. The van der Waals surface area contributed by atoms with Gasteiger partial charge in [-0.15, -0.1) is 0 Å². The number of hydrogen-bond donors (Lipinski definition) is 4. The van der Waals surface area contributed by atoms with E-state index < -0.39 is 12.2 Å². The van der Waals surface area contributed by atoms with E-state index in [-0.39, 0.29) is 31.1 Å². The third-order valence-electron chi connectivity index (χ3n) is 6.70. The van der Waals surface area contributed by atoms with E-state index in [1.807, 2.05) is 48.5 Å². The summed E-state index contributed by atoms with van der Waals surface area (Å²) in [4.78, 5) is 23.6. The van der Waals surface area contributed by atoms with E-state index in [1.165, 1.54) is 18.0 Å². The quantitative estimate of drug-likeness (QED) is 0.0575. The van der Waals surface area contributed by atoms with Crippen LogP contribution in [0.5, 0.6) is 0 Å². The van der Waals surface area contributed by atoms with Crippen molar-refractivity contribution >= 4 is 29.3 Å². The van der Waals surface area contributed by atoms with E-state index >= 15 is 0 Å². The summed E-state index contributed by atoms with van der Waals surface area (Å²) in [6.07, 6.45) is 3.32. The molecule has 218 valence electrons. The second-order valence-corrected chi connectivity index (χ2v) is 10.8. The summed E-state index contributed by atoms with van der Waals surface area (Å²) in [5, 5.41) is 33.6. The maximum Gasteiger partial charge on any atom is 0.251 e. The van der Waals surface area contributed by atoms with Crippen molar-refractivity contribution < 1.29 is 34.1 Å². The first kappa shape index (κ1) is 30.5. The number of amides is 2. The molecule has 2 amide bonds. The van der Waals surface area contributed by atoms with Gasteiger partial charge in [-0.2, -0.15) is 4.73 Å². The van der Waals surface area contributed by atoms with Gasteiger partial charge in [0.1, 0.15) is 0 Å². The molecule has 1 aliphatic heterocycles. The van der Waals surface area contributed by atoms with Gasteiger partial charge in [0.05, 0.1) is 18.8 Å². The van der Waals surface area contributed by atoms with Crippen LogP contribution in [0.1, 0.15) is 67.6 Å². The predicted octanol–water partition coefficient (Wildman–Crippen LogP) is 4.54. The van der Waals surface area contributed by atoms with Crippen molar-refractivity contribution in [1.82, 2.24) is 5.48 Å². The Balaban J connectivity index is 1.41. The zero-order chi connectivity index (χ0) is 29.0. The highest BCUT2D eigenvalue weighted by molar-refractivity contribution is 7.99. The summed E-state index contributed by atoms with van der Waals surface area (Å²) in [5.74, 6) is -0.0183. The highest BCUT2D eigenvalue weighted by atomic mass is 32.2. The van der Waals surface area contributed by atoms with Crippen LogP contribution in [-0.2, 0) is 25.7 Å². The van der Waals surface area contributed by atoms with Crippen molar-refractivity contribution in [3.8, 4) is 0 Å². The molecule has 3 aromatic rings. The highest BCUT2D eigenvalue weighted by Gasteiger charge is 2.33. The largest absolute Gasteiger partial charge is 0.618 e. The number of hydrogen-bond acceptors (Lipinski definition) is 8. The average molecular weight is 582 g/mol. The van der Waals surface area contributed by atoms with Gasteiger partial charge in [0.25, 0.3) is 5.03 Å². The number of aromatic nitrogens is 1. The molecule has 1 aliphatic rings. The molecular weight excluding hydrogens is 546 g/mol. The van der Waals surface area contributed by atoms with E-state index in [2.05, 4.69) is 5.32 Å². The van der Waals surface area contributed by atoms with Crippen LogP contribution in [0.2, 0.25) is 0 Å². The Morgan fingerprint density at radius 2 is 1.73 bits per heavy atom. The second-order valence-electron chi connectivity index (χ2n) is 9.80. The van der Waals surface area contributed by atoms with Crippen LogP contribution in [-0.4, -0.2) is 34.0 Å². The molecule has 0 saturated carbocycles. The summed E-state index contributed by atoms with van der Waals surface area (Å²) < 4.78 is 13.6. The number of pyridine rings is 1. The lowest BCUT2D eigenvalue weighted by Crippen LogP contribution is -2.32. The SMILES string of the molecule is O=C(CCCCCC(=O)Nc1cccc([C@@H]2O[C@H](CSc3cccc[n+]3[O-])C[C@H](c3ccc(CO)cc3)O2)c1)NO. The fourth-order valence-corrected chi connectivity index (χ4v) is 5.45. The van der Waals surface area contributed by atoms with Crippen molar-refractivity contribution in [1.29, 1.82) is 0 Å². The van der Waals surface area contributed by atoms with Gasteiger partial charge < -0.3 is 25.1 Å². The van der Waals surface area contributed by atoms with Crippen LogP contribution in [0.15, 0.2) is 78.0 Å². The average Bonchev–Trinajstić information content (AvgIpc) is 3.00. The number of aliphatic hydroxyl groups excluding tert-OH is 1. The van der Waals surface area contributed by atoms with Gasteiger partial charge in [0.2, 0.25) is 11.8 Å². The molecule has 0 aliphatic carbocycles. The molecule has 3 atom stereocenters. The van der Waals surface area contributed by atoms with Gasteiger partial charge in [-0.1, -0.05) is 54.6 Å². The van der Waals surface area contributed by atoms with Gasteiger partial charge >= 0.3 is 0 Å². The number of carbonyl (C=O) groups is 2. The summed E-state index contributed by atoms with van der Waals surface area (Å²) in [6, 6.07) is 20.3. The Morgan fingerprint density at radius 3 is 2.46 bits per heavy atom. The van der Waals surface area contributed by atoms with Crippen LogP contribution in [0.3, 0.4) is 0 Å². The predicted molar refractivity (Wildman–Crippen MR) is 153 cm³/mol. The molecule has 0 unspecified atom stereocenters. The second kappa shape index (κ2) is 15.5. The number of benzene rings is 2. The van der Waals surface area contributed by atoms with Gasteiger partial charge in [-0.05, 0) is 42.2 Å². The Kier molecular flexibility index (Phi) is 11.5. The number of thioether (sulfide) groups is 1. The fraction of sp³-hybridized carbons (Fsp3) is 0.367. The molecular formula is C30H35N3O7S. The zero-order valence-electron chi connectivity index (χ0n) is 22.6. The third-order valence-corrected chi connectivity index (χ3v) is 7.85. The number of carbonyl (C=O) groups excluding carboxylic acids is 2. The van der Waals surface area contributed by atoms with Crippen molar-refractivity contribution in [2.24, 2.45) is 0 Å². The van der Waals surface area contributed by atoms with Crippen LogP contribution in [0, 0.1) is 5.21 Å². The first-order valence-corrected chi connectivity index (χ1v) is 14.6. The molecule has 2 heterocycles. The van der Waals surface area contributed by atoms with Crippen molar-refractivity contribution in [3.63, 3.8) is 0 Å². The topological polar surface area (TPSA) is 144 Å². The molecule has 2 aromatic carbocycles. The number of unbranched alkanes of at least 4 members (excludes halogenated alkanes) is 2. The highest BCUT2D eigenvalue weighted by Crippen LogP contribution is 2.39. The number of anilines is 1. The minimum absolute atomic E-state index is 0.0392. The van der Waals surface area contributed by atoms with Gasteiger partial charge in [0, 0.05) is 48.4 Å². The molecule has 4 N–H and O–H groups in total. The van der Waals surface area contributed by atoms with Crippen LogP contribution in [0.25, 0.3) is 0 Å². The van der Waals surface area contributed by atoms with Crippen LogP contribution < -0.4 is 15.5 Å². The van der Waals surface area contributed by atoms with E-state index in [1.54, 1.807) is 23.7 Å². The summed E-state index contributed by atoms with van der Waals surface area (Å²) in [6.45, 7) is -0.0392. The van der Waals surface area contributed by atoms with Crippen LogP contribution >= 0.6 is 11.8 Å². The fourth-order valence-electron chi connectivity index (χ4n) is 4.52. The Labute approximate surface area is 243 Å². The van der Waals surface area contributed by atoms with Crippen molar-refractivity contribution in [2.75, 3.05) is 11.1 Å². The molecule has 1 saturated heterocycles. The first-order chi connectivity index (χ1) is 19.9. The first-order valence-electron chi connectivity index (χ1n) is 13.6. The standard InChI is InChI=1S/C30H35N3O7S/c34-19-21-12-14-22(15-13-21)26-18-25(20-41-29-11-4-5-16-33(29)38)39-30(40-26)23-7-6-8-24(17-23)31-27(35)9-2-1-3-10-28(36)32-37/h4-8,11-17,25-26,30,34,37H,1-3,9-10,18-20H2,(H,31,35)(H,32,36)/t25-,26+,30+/m0/s1. The Hall–Kier alpha value is -3.48. The van der Waals surface area contributed by atoms with Gasteiger partial charge in [-0.25, -0.2) is 5.48 Å². The minimum Gasteiger partial charge on any atom is -0.618 e. The molecule has 4 rings (SSSR count). The summed E-state index contributed by atoms with van der Waals surface area (Å²) in [5.41, 5.74) is 4.75. The maximum absolute atomic E-state index is 12.5. The van der Waals surface area contributed by atoms with E-state index in [0.29, 0.717) is 48.6 Å². The van der Waals surface area contributed by atoms with Crippen molar-refractivity contribution in [2.45, 2.75) is 68.7 Å². The van der Waals surface area contributed by atoms with Crippen molar-refractivity contribution in [3.05, 3.63) is 94.8 Å². The molecule has 41 heavy (non-hydrogen) atoms. The van der Waals surface area contributed by atoms with Gasteiger partial charge in [-0.3, -0.25) is 14.8 Å². The Bertz CT molecular complexity index is 1290. The molecule has 0 spiro atoms. The molecule has 1 aromatic heterocycles. The lowest BCUT2D eigenvalue weighted by atomic mass is 10.0. The molecule has 0 radical (unpaired) electrons. The maximum atomic E-state index is 12.5. The van der Waals surface area contributed by atoms with Crippen LogP contribution in [0.4, 0.5) is 5.69 Å². The number of nitrogens with one attached hydrogen (secondary N) is 2. The van der Waals surface area contributed by atoms with E-state index in [9.17, 15) is 19.9 Å². The zero-order valence-corrected chi connectivity index (χ0v) is 23.4. The number of rotatable bonds is 13. The summed E-state index contributed by atoms with van der Waals surface area (Å²) in [7, 11) is 0. The normalized spacial score (nSPS) is 18.5. The minimum atomic E-state index is -0.693. The number of nitrogens with zero attached hydrogens (tertiary/aromatic N) is 1. The molecule has 1 fully saturated rings. The number of hydroxylamine groups is 1. The summed E-state index contributed by atoms with van der Waals surface area (Å²) >= 11 is 1.42. The van der Waals surface area contributed by atoms with E-state index in [4.69, 9.17) is 14.7 Å². The lowest BCUT2D eigenvalue weighted by Gasteiger charge is -2.36. The molecule has 11 heteroatoms. The lowest BCUT2D eigenvalue weighted by molar-refractivity contribution is -0.645.